The summed E-state index contributed by atoms with van der Waals surface area (Å²) in [5.41, 5.74) is 0.199. The second kappa shape index (κ2) is 10.6. The first-order valence-corrected chi connectivity index (χ1v) is 9.50. The maximum atomic E-state index is 11.5. The fourth-order valence-corrected chi connectivity index (χ4v) is 3.94. The number of carboxylic acid groups (broad SMARTS) is 4. The van der Waals surface area contributed by atoms with Gasteiger partial charge in [-0.05, 0) is 25.0 Å². The first-order valence-electron chi connectivity index (χ1n) is 9.50. The molecule has 1 aliphatic rings. The van der Waals surface area contributed by atoms with E-state index < -0.39 is 49.1 Å². The standard InChI is InChI=1S/C19H25N3O8/c23-16(24)9-21(8-12-4-3-5-13(20-12)19(29)30)14-6-1-2-7-15(14)22(10-17(25)26)11-18(27)28/h3-5,14-15H,1-2,6-11H2,(H,23,24)(H,25,26)(H,27,28)(H,29,30)/t14-,15-/m1/s1. The predicted octanol–water partition coefficient (Wildman–Crippen LogP) is 0.449. The van der Waals surface area contributed by atoms with E-state index in [2.05, 4.69) is 4.98 Å². The van der Waals surface area contributed by atoms with Crippen molar-refractivity contribution < 1.29 is 39.6 Å². The van der Waals surface area contributed by atoms with Crippen LogP contribution in [0.4, 0.5) is 0 Å². The van der Waals surface area contributed by atoms with Crippen molar-refractivity contribution in [3.63, 3.8) is 0 Å². The van der Waals surface area contributed by atoms with Crippen LogP contribution in [0.5, 0.6) is 0 Å². The molecule has 2 atom stereocenters. The average Bonchev–Trinajstić information content (AvgIpc) is 2.66. The van der Waals surface area contributed by atoms with Crippen LogP contribution in [0.2, 0.25) is 0 Å². The van der Waals surface area contributed by atoms with Crippen molar-refractivity contribution >= 4 is 23.9 Å². The molecule has 1 aliphatic carbocycles. The molecule has 11 nitrogen and oxygen atoms in total. The lowest BCUT2D eigenvalue weighted by molar-refractivity contribution is -0.146. The summed E-state index contributed by atoms with van der Waals surface area (Å²) in [5, 5.41) is 36.9. The van der Waals surface area contributed by atoms with Crippen LogP contribution in [0.1, 0.15) is 41.9 Å². The van der Waals surface area contributed by atoms with Gasteiger partial charge in [0.1, 0.15) is 5.69 Å². The summed E-state index contributed by atoms with van der Waals surface area (Å²) < 4.78 is 0. The smallest absolute Gasteiger partial charge is 0.354 e. The van der Waals surface area contributed by atoms with Gasteiger partial charge in [-0.25, -0.2) is 9.78 Å². The number of pyridine rings is 1. The third kappa shape index (κ3) is 6.78. The van der Waals surface area contributed by atoms with Gasteiger partial charge in [-0.1, -0.05) is 18.9 Å². The molecule has 4 N–H and O–H groups in total. The third-order valence-corrected chi connectivity index (χ3v) is 5.04. The molecule has 0 amide bonds. The Morgan fingerprint density at radius 1 is 0.833 bits per heavy atom. The van der Waals surface area contributed by atoms with Crippen LogP contribution in [-0.4, -0.2) is 90.8 Å². The van der Waals surface area contributed by atoms with E-state index in [0.717, 1.165) is 12.8 Å². The van der Waals surface area contributed by atoms with Crippen LogP contribution in [0.25, 0.3) is 0 Å². The molecule has 0 bridgehead atoms. The van der Waals surface area contributed by atoms with Gasteiger partial charge in [0, 0.05) is 18.6 Å². The number of carboxylic acids is 4. The minimum Gasteiger partial charge on any atom is -0.480 e. The Bertz CT molecular complexity index is 784. The van der Waals surface area contributed by atoms with E-state index >= 15 is 0 Å². The summed E-state index contributed by atoms with van der Waals surface area (Å²) >= 11 is 0. The number of carbonyl (C=O) groups is 4. The van der Waals surface area contributed by atoms with E-state index in [4.69, 9.17) is 5.11 Å². The Labute approximate surface area is 172 Å². The zero-order valence-electron chi connectivity index (χ0n) is 16.3. The van der Waals surface area contributed by atoms with E-state index in [-0.39, 0.29) is 18.8 Å². The SMILES string of the molecule is O=C(O)CN(CC(=O)O)[C@@H]1CCCC[C@H]1N(CC(=O)O)Cc1cccc(C(=O)O)n1. The van der Waals surface area contributed by atoms with Gasteiger partial charge in [-0.3, -0.25) is 24.2 Å². The normalized spacial score (nSPS) is 19.0. The molecule has 1 heterocycles. The highest BCUT2D eigenvalue weighted by molar-refractivity contribution is 5.85. The first kappa shape index (κ1) is 23.2. The van der Waals surface area contributed by atoms with Crippen molar-refractivity contribution in [3.05, 3.63) is 29.6 Å². The molecule has 1 fully saturated rings. The molecule has 0 saturated heterocycles. The molecule has 11 heteroatoms. The van der Waals surface area contributed by atoms with E-state index in [9.17, 15) is 34.5 Å². The molecular weight excluding hydrogens is 398 g/mol. The zero-order chi connectivity index (χ0) is 22.3. The highest BCUT2D eigenvalue weighted by atomic mass is 16.4. The van der Waals surface area contributed by atoms with E-state index in [1.807, 2.05) is 0 Å². The van der Waals surface area contributed by atoms with Crippen LogP contribution in [0.3, 0.4) is 0 Å². The summed E-state index contributed by atoms with van der Waals surface area (Å²) in [5.74, 6) is -4.63. The number of aliphatic carboxylic acids is 3. The Morgan fingerprint density at radius 3 is 1.83 bits per heavy atom. The molecule has 1 aromatic rings. The van der Waals surface area contributed by atoms with Gasteiger partial charge in [-0.2, -0.15) is 0 Å². The van der Waals surface area contributed by atoms with Gasteiger partial charge in [-0.15, -0.1) is 0 Å². The predicted molar refractivity (Wildman–Crippen MR) is 102 cm³/mol. The van der Waals surface area contributed by atoms with Crippen molar-refractivity contribution in [2.24, 2.45) is 0 Å². The minimum absolute atomic E-state index is 0.0442. The van der Waals surface area contributed by atoms with Crippen LogP contribution < -0.4 is 0 Å². The molecule has 1 aromatic heterocycles. The lowest BCUT2D eigenvalue weighted by Gasteiger charge is -2.43. The van der Waals surface area contributed by atoms with Crippen molar-refractivity contribution in [1.82, 2.24) is 14.8 Å². The molecule has 1 saturated carbocycles. The Morgan fingerprint density at radius 2 is 1.33 bits per heavy atom. The molecule has 30 heavy (non-hydrogen) atoms. The average molecular weight is 423 g/mol. The highest BCUT2D eigenvalue weighted by Crippen LogP contribution is 2.28. The van der Waals surface area contributed by atoms with Crippen molar-refractivity contribution in [1.29, 1.82) is 0 Å². The van der Waals surface area contributed by atoms with Crippen molar-refractivity contribution in [2.45, 2.75) is 44.3 Å². The Kier molecular flexibility index (Phi) is 8.25. The molecule has 2 rings (SSSR count). The van der Waals surface area contributed by atoms with Gasteiger partial charge in [0.2, 0.25) is 0 Å². The van der Waals surface area contributed by atoms with Crippen molar-refractivity contribution in [3.8, 4) is 0 Å². The van der Waals surface area contributed by atoms with Crippen LogP contribution >= 0.6 is 0 Å². The second-order valence-corrected chi connectivity index (χ2v) is 7.23. The van der Waals surface area contributed by atoms with Gasteiger partial charge in [0.15, 0.2) is 0 Å². The van der Waals surface area contributed by atoms with E-state index in [1.165, 1.54) is 17.0 Å². The second-order valence-electron chi connectivity index (χ2n) is 7.23. The van der Waals surface area contributed by atoms with E-state index in [0.29, 0.717) is 18.5 Å². The minimum atomic E-state index is -1.20. The Hall–Kier alpha value is -3.05. The lowest BCUT2D eigenvalue weighted by atomic mass is 9.87. The van der Waals surface area contributed by atoms with Gasteiger partial charge in [0.05, 0.1) is 25.3 Å². The van der Waals surface area contributed by atoms with Crippen molar-refractivity contribution in [2.75, 3.05) is 19.6 Å². The number of rotatable bonds is 11. The lowest BCUT2D eigenvalue weighted by Crippen LogP contribution is -2.56. The van der Waals surface area contributed by atoms with Crippen LogP contribution in [0.15, 0.2) is 18.2 Å². The molecule has 0 spiro atoms. The molecule has 0 aromatic carbocycles. The van der Waals surface area contributed by atoms with Crippen LogP contribution in [0, 0.1) is 0 Å². The Balaban J connectivity index is 2.32. The van der Waals surface area contributed by atoms with E-state index in [1.54, 1.807) is 11.0 Å². The number of aromatic carboxylic acids is 1. The monoisotopic (exact) mass is 423 g/mol. The maximum Gasteiger partial charge on any atom is 0.354 e. The largest absolute Gasteiger partial charge is 0.480 e. The summed E-state index contributed by atoms with van der Waals surface area (Å²) in [6.45, 7) is -1.26. The topological polar surface area (TPSA) is 169 Å². The quantitative estimate of drug-likeness (QED) is 0.390. The first-order chi connectivity index (χ1) is 14.2. The van der Waals surface area contributed by atoms with Gasteiger partial charge in [0.25, 0.3) is 0 Å². The highest BCUT2D eigenvalue weighted by Gasteiger charge is 2.36. The summed E-state index contributed by atoms with van der Waals surface area (Å²) in [4.78, 5) is 52.2. The van der Waals surface area contributed by atoms with Gasteiger partial charge >= 0.3 is 23.9 Å². The van der Waals surface area contributed by atoms with Gasteiger partial charge < -0.3 is 20.4 Å². The zero-order valence-corrected chi connectivity index (χ0v) is 16.3. The molecule has 164 valence electrons. The fraction of sp³-hybridized carbons (Fsp3) is 0.526. The number of hydrogen-bond donors (Lipinski definition) is 4. The molecule has 0 radical (unpaired) electrons. The summed E-state index contributed by atoms with van der Waals surface area (Å²) in [6.07, 6.45) is 2.65. The third-order valence-electron chi connectivity index (χ3n) is 5.04. The molecule has 0 aliphatic heterocycles. The summed E-state index contributed by atoms with van der Waals surface area (Å²) in [7, 11) is 0. The number of hydrogen-bond acceptors (Lipinski definition) is 7. The molecular formula is C19H25N3O8. The molecule has 0 unspecified atom stereocenters. The number of nitrogens with zero attached hydrogens (tertiary/aromatic N) is 3. The van der Waals surface area contributed by atoms with Crippen LogP contribution in [-0.2, 0) is 20.9 Å². The number of aromatic nitrogens is 1. The maximum absolute atomic E-state index is 11.5. The summed E-state index contributed by atoms with van der Waals surface area (Å²) in [6, 6.07) is 3.56. The fourth-order valence-electron chi connectivity index (χ4n) is 3.94.